The Bertz CT molecular complexity index is 962. The molecule has 0 aromatic heterocycles. The van der Waals surface area contributed by atoms with Gasteiger partial charge < -0.3 is 9.47 Å². The molecule has 148 valence electrons. The van der Waals surface area contributed by atoms with Crippen molar-refractivity contribution in [1.29, 1.82) is 0 Å². The number of carbonyl (C=O) groups is 2. The van der Waals surface area contributed by atoms with Gasteiger partial charge in [0.1, 0.15) is 0 Å². The average Bonchev–Trinajstić information content (AvgIpc) is 2.73. The van der Waals surface area contributed by atoms with E-state index in [0.717, 1.165) is 5.56 Å². The average molecular weight is 403 g/mol. The molecule has 0 saturated carbocycles. The van der Waals surface area contributed by atoms with Gasteiger partial charge in [0.15, 0.2) is 12.4 Å². The van der Waals surface area contributed by atoms with Crippen LogP contribution >= 0.6 is 0 Å². The molecular weight excluding hydrogens is 382 g/mol. The van der Waals surface area contributed by atoms with Crippen molar-refractivity contribution in [3.05, 3.63) is 65.2 Å². The second-order valence-corrected chi connectivity index (χ2v) is 8.35. The molecule has 1 saturated heterocycles. The van der Waals surface area contributed by atoms with Crippen LogP contribution in [0, 0.1) is 6.92 Å². The molecule has 0 N–H and O–H groups in total. The number of sulfonamides is 1. The third-order valence-corrected chi connectivity index (χ3v) is 6.28. The van der Waals surface area contributed by atoms with E-state index in [4.69, 9.17) is 9.47 Å². The van der Waals surface area contributed by atoms with E-state index in [9.17, 15) is 18.0 Å². The fourth-order valence-corrected chi connectivity index (χ4v) is 4.21. The first-order valence-electron chi connectivity index (χ1n) is 8.83. The minimum atomic E-state index is -3.72. The van der Waals surface area contributed by atoms with Gasteiger partial charge in [0.05, 0.1) is 23.7 Å². The summed E-state index contributed by atoms with van der Waals surface area (Å²) < 4.78 is 37.0. The van der Waals surface area contributed by atoms with Crippen LogP contribution in [0.5, 0.6) is 0 Å². The highest BCUT2D eigenvalue weighted by molar-refractivity contribution is 7.89. The number of ether oxygens (including phenoxy) is 2. The molecule has 1 aliphatic heterocycles. The van der Waals surface area contributed by atoms with Gasteiger partial charge in [-0.2, -0.15) is 4.31 Å². The van der Waals surface area contributed by atoms with Crippen molar-refractivity contribution in [2.45, 2.75) is 11.8 Å². The fourth-order valence-electron chi connectivity index (χ4n) is 2.76. The van der Waals surface area contributed by atoms with E-state index < -0.39 is 22.6 Å². The lowest BCUT2D eigenvalue weighted by Gasteiger charge is -2.26. The van der Waals surface area contributed by atoms with E-state index in [1.807, 2.05) is 6.92 Å². The van der Waals surface area contributed by atoms with Gasteiger partial charge in [-0.15, -0.1) is 0 Å². The summed E-state index contributed by atoms with van der Waals surface area (Å²) in [4.78, 5) is 24.4. The number of ketones is 1. The maximum Gasteiger partial charge on any atom is 0.338 e. The number of benzene rings is 2. The van der Waals surface area contributed by atoms with Crippen LogP contribution in [0.4, 0.5) is 0 Å². The second kappa shape index (κ2) is 8.64. The number of carbonyl (C=O) groups excluding carboxylic acids is 2. The van der Waals surface area contributed by atoms with Crippen LogP contribution < -0.4 is 0 Å². The fraction of sp³-hybridized carbons (Fsp3) is 0.300. The third-order valence-electron chi connectivity index (χ3n) is 4.39. The van der Waals surface area contributed by atoms with E-state index in [1.54, 1.807) is 24.3 Å². The minimum absolute atomic E-state index is 0.00807. The molecule has 3 rings (SSSR count). The number of morpholine rings is 1. The maximum absolute atomic E-state index is 12.7. The van der Waals surface area contributed by atoms with Crippen molar-refractivity contribution in [3.63, 3.8) is 0 Å². The predicted molar refractivity (Wildman–Crippen MR) is 102 cm³/mol. The number of esters is 1. The van der Waals surface area contributed by atoms with Crippen LogP contribution in [0.15, 0.2) is 53.4 Å². The zero-order valence-electron chi connectivity index (χ0n) is 15.5. The number of nitrogens with zero attached hydrogens (tertiary/aromatic N) is 1. The first-order valence-corrected chi connectivity index (χ1v) is 10.3. The Kier molecular flexibility index (Phi) is 6.23. The summed E-state index contributed by atoms with van der Waals surface area (Å²) in [7, 11) is -3.72. The maximum atomic E-state index is 12.7. The first-order chi connectivity index (χ1) is 13.4. The topological polar surface area (TPSA) is 90.0 Å². The van der Waals surface area contributed by atoms with Gasteiger partial charge in [-0.25, -0.2) is 13.2 Å². The van der Waals surface area contributed by atoms with Crippen LogP contribution in [0.3, 0.4) is 0 Å². The van der Waals surface area contributed by atoms with E-state index >= 15 is 0 Å². The van der Waals surface area contributed by atoms with Crippen LogP contribution in [0.2, 0.25) is 0 Å². The predicted octanol–water partition coefficient (Wildman–Crippen LogP) is 2.06. The lowest BCUT2D eigenvalue weighted by molar-refractivity contribution is 0.0474. The molecule has 0 aliphatic carbocycles. The van der Waals surface area contributed by atoms with Crippen molar-refractivity contribution in [2.24, 2.45) is 0 Å². The Hall–Kier alpha value is -2.55. The Labute approximate surface area is 163 Å². The van der Waals surface area contributed by atoms with E-state index in [1.165, 1.54) is 28.6 Å². The monoisotopic (exact) mass is 403 g/mol. The molecule has 1 aliphatic rings. The molecule has 0 bridgehead atoms. The van der Waals surface area contributed by atoms with Gasteiger partial charge in [-0.05, 0) is 25.1 Å². The Morgan fingerprint density at radius 3 is 2.39 bits per heavy atom. The SMILES string of the molecule is Cc1ccc(C(=O)COC(=O)c2cccc(S(=O)(=O)N3CCOCC3)c2)cc1. The Morgan fingerprint density at radius 2 is 1.71 bits per heavy atom. The van der Waals surface area contributed by atoms with Gasteiger partial charge in [0.2, 0.25) is 10.0 Å². The van der Waals surface area contributed by atoms with Crippen LogP contribution in [-0.2, 0) is 19.5 Å². The third kappa shape index (κ3) is 4.64. The molecule has 28 heavy (non-hydrogen) atoms. The zero-order valence-corrected chi connectivity index (χ0v) is 16.3. The summed E-state index contributed by atoms with van der Waals surface area (Å²) in [6.45, 7) is 2.70. The number of Topliss-reactive ketones (excluding diaryl/α,β-unsaturated/α-hetero) is 1. The second-order valence-electron chi connectivity index (χ2n) is 6.41. The summed E-state index contributed by atoms with van der Waals surface area (Å²) in [6, 6.07) is 12.6. The Balaban J connectivity index is 1.68. The van der Waals surface area contributed by atoms with Gasteiger partial charge in [0, 0.05) is 18.7 Å². The smallest absolute Gasteiger partial charge is 0.338 e. The lowest BCUT2D eigenvalue weighted by Crippen LogP contribution is -2.40. The van der Waals surface area contributed by atoms with E-state index in [0.29, 0.717) is 18.8 Å². The first kappa shape index (κ1) is 20.2. The molecule has 0 amide bonds. The Morgan fingerprint density at radius 1 is 1.04 bits per heavy atom. The molecule has 2 aromatic rings. The minimum Gasteiger partial charge on any atom is -0.454 e. The van der Waals surface area contributed by atoms with E-state index in [2.05, 4.69) is 0 Å². The zero-order chi connectivity index (χ0) is 20.1. The van der Waals surface area contributed by atoms with Gasteiger partial charge in [0.25, 0.3) is 0 Å². The summed E-state index contributed by atoms with van der Waals surface area (Å²) in [5.41, 5.74) is 1.54. The molecule has 0 atom stereocenters. The highest BCUT2D eigenvalue weighted by atomic mass is 32.2. The summed E-state index contributed by atoms with van der Waals surface area (Å²) in [5.74, 6) is -1.08. The molecule has 8 heteroatoms. The molecule has 2 aromatic carbocycles. The van der Waals surface area contributed by atoms with Crippen molar-refractivity contribution < 1.29 is 27.5 Å². The van der Waals surface area contributed by atoms with Crippen molar-refractivity contribution in [3.8, 4) is 0 Å². The van der Waals surface area contributed by atoms with Crippen LogP contribution in [0.1, 0.15) is 26.3 Å². The quantitative estimate of drug-likeness (QED) is 0.542. The number of hydrogen-bond acceptors (Lipinski definition) is 6. The summed E-state index contributed by atoms with van der Waals surface area (Å²) in [6.07, 6.45) is 0. The molecule has 0 spiro atoms. The molecule has 7 nitrogen and oxygen atoms in total. The molecule has 0 radical (unpaired) electrons. The summed E-state index contributed by atoms with van der Waals surface area (Å²) in [5, 5.41) is 0. The molecule has 1 fully saturated rings. The van der Waals surface area contributed by atoms with Crippen LogP contribution in [-0.4, -0.2) is 57.4 Å². The van der Waals surface area contributed by atoms with Gasteiger partial charge in [-0.3, -0.25) is 4.79 Å². The number of rotatable bonds is 6. The van der Waals surface area contributed by atoms with Gasteiger partial charge >= 0.3 is 5.97 Å². The van der Waals surface area contributed by atoms with Crippen molar-refractivity contribution in [1.82, 2.24) is 4.31 Å². The standard InChI is InChI=1S/C20H21NO6S/c1-15-5-7-16(8-6-15)19(22)14-27-20(23)17-3-2-4-18(13-17)28(24,25)21-9-11-26-12-10-21/h2-8,13H,9-12,14H2,1H3. The normalized spacial score (nSPS) is 15.2. The van der Waals surface area contributed by atoms with Gasteiger partial charge in [-0.1, -0.05) is 35.9 Å². The molecular formula is C20H21NO6S. The number of hydrogen-bond donors (Lipinski definition) is 0. The summed E-state index contributed by atoms with van der Waals surface area (Å²) >= 11 is 0. The molecule has 0 unspecified atom stereocenters. The largest absolute Gasteiger partial charge is 0.454 e. The van der Waals surface area contributed by atoms with Crippen molar-refractivity contribution >= 4 is 21.8 Å². The number of aryl methyl sites for hydroxylation is 1. The lowest BCUT2D eigenvalue weighted by atomic mass is 10.1. The highest BCUT2D eigenvalue weighted by Gasteiger charge is 2.27. The van der Waals surface area contributed by atoms with Crippen LogP contribution in [0.25, 0.3) is 0 Å². The van der Waals surface area contributed by atoms with Crippen molar-refractivity contribution in [2.75, 3.05) is 32.9 Å². The van der Waals surface area contributed by atoms with E-state index in [-0.39, 0.29) is 29.3 Å². The molecule has 1 heterocycles. The highest BCUT2D eigenvalue weighted by Crippen LogP contribution is 2.19.